The van der Waals surface area contributed by atoms with E-state index in [0.29, 0.717) is 0 Å². The first-order chi connectivity index (χ1) is 9.47. The first-order valence-corrected chi connectivity index (χ1v) is 5.83. The standard InChI is InChI=1S/C12H14N2O6/c1-2-20-10(15)7-13-6-8-4-3-5-9(14(18)19)11(8)12(16)17/h3-5,13H,2,6-7H2,1H3,(H,16,17). The number of hydrogen-bond donors (Lipinski definition) is 2. The fraction of sp³-hybridized carbons (Fsp3) is 0.333. The average Bonchev–Trinajstić information content (AvgIpc) is 2.38. The number of nitrogens with zero attached hydrogens (tertiary/aromatic N) is 1. The molecule has 0 fully saturated rings. The van der Waals surface area contributed by atoms with Crippen molar-refractivity contribution in [3.63, 3.8) is 0 Å². The van der Waals surface area contributed by atoms with Gasteiger partial charge in [-0.1, -0.05) is 12.1 Å². The predicted octanol–water partition coefficient (Wildman–Crippen LogP) is 0.946. The van der Waals surface area contributed by atoms with Crippen LogP contribution in [-0.2, 0) is 16.1 Å². The molecule has 0 aliphatic heterocycles. The van der Waals surface area contributed by atoms with Crippen LogP contribution >= 0.6 is 0 Å². The second-order valence-electron chi connectivity index (χ2n) is 3.78. The van der Waals surface area contributed by atoms with Gasteiger partial charge in [0, 0.05) is 12.6 Å². The van der Waals surface area contributed by atoms with Crippen molar-refractivity contribution in [1.82, 2.24) is 5.32 Å². The highest BCUT2D eigenvalue weighted by atomic mass is 16.6. The van der Waals surface area contributed by atoms with Gasteiger partial charge in [-0.25, -0.2) is 4.79 Å². The monoisotopic (exact) mass is 282 g/mol. The summed E-state index contributed by atoms with van der Waals surface area (Å²) in [6.45, 7) is 1.83. The molecule has 0 radical (unpaired) electrons. The largest absolute Gasteiger partial charge is 0.477 e. The van der Waals surface area contributed by atoms with Crippen molar-refractivity contribution >= 4 is 17.6 Å². The zero-order chi connectivity index (χ0) is 15.1. The Balaban J connectivity index is 2.85. The summed E-state index contributed by atoms with van der Waals surface area (Å²) in [5.74, 6) is -1.86. The summed E-state index contributed by atoms with van der Waals surface area (Å²) in [6, 6.07) is 3.97. The van der Waals surface area contributed by atoms with E-state index in [1.165, 1.54) is 12.1 Å². The maximum absolute atomic E-state index is 11.1. The molecule has 1 rings (SSSR count). The molecule has 8 nitrogen and oxygen atoms in total. The van der Waals surface area contributed by atoms with Crippen LogP contribution in [-0.4, -0.2) is 35.1 Å². The Labute approximate surface area is 114 Å². The molecule has 0 aromatic heterocycles. The predicted molar refractivity (Wildman–Crippen MR) is 68.4 cm³/mol. The molecule has 108 valence electrons. The molecular formula is C12H14N2O6. The van der Waals surface area contributed by atoms with Gasteiger partial charge in [0.05, 0.1) is 18.1 Å². The summed E-state index contributed by atoms with van der Waals surface area (Å²) in [6.07, 6.45) is 0. The van der Waals surface area contributed by atoms with Gasteiger partial charge in [0.1, 0.15) is 5.56 Å². The Morgan fingerprint density at radius 2 is 2.15 bits per heavy atom. The molecule has 2 N–H and O–H groups in total. The number of esters is 1. The fourth-order valence-electron chi connectivity index (χ4n) is 1.64. The Morgan fingerprint density at radius 1 is 1.45 bits per heavy atom. The first-order valence-electron chi connectivity index (χ1n) is 5.83. The number of carbonyl (C=O) groups is 2. The lowest BCUT2D eigenvalue weighted by molar-refractivity contribution is -0.385. The maximum atomic E-state index is 11.1. The van der Waals surface area contributed by atoms with Crippen molar-refractivity contribution < 1.29 is 24.4 Å². The molecular weight excluding hydrogens is 268 g/mol. The highest BCUT2D eigenvalue weighted by Gasteiger charge is 2.23. The number of aromatic carboxylic acids is 1. The number of rotatable bonds is 7. The fourth-order valence-corrected chi connectivity index (χ4v) is 1.64. The van der Waals surface area contributed by atoms with Gasteiger partial charge in [0.2, 0.25) is 0 Å². The minimum absolute atomic E-state index is 0.0160. The molecule has 0 amide bonds. The first kappa shape index (κ1) is 15.6. The van der Waals surface area contributed by atoms with Crippen molar-refractivity contribution in [1.29, 1.82) is 0 Å². The lowest BCUT2D eigenvalue weighted by Crippen LogP contribution is -2.25. The van der Waals surface area contributed by atoms with Crippen LogP contribution in [0.1, 0.15) is 22.8 Å². The summed E-state index contributed by atoms with van der Waals surface area (Å²) in [4.78, 5) is 32.3. The molecule has 0 aliphatic rings. The van der Waals surface area contributed by atoms with Crippen LogP contribution in [0.3, 0.4) is 0 Å². The van der Waals surface area contributed by atoms with E-state index in [1.54, 1.807) is 6.92 Å². The van der Waals surface area contributed by atoms with Gasteiger partial charge >= 0.3 is 11.9 Å². The normalized spacial score (nSPS) is 10.1. The SMILES string of the molecule is CCOC(=O)CNCc1cccc([N+](=O)[O-])c1C(=O)O. The van der Waals surface area contributed by atoms with Crippen LogP contribution in [0, 0.1) is 10.1 Å². The van der Waals surface area contributed by atoms with E-state index in [2.05, 4.69) is 5.32 Å². The quantitative estimate of drug-likeness (QED) is 0.434. The molecule has 0 spiro atoms. The number of nitrogens with one attached hydrogen (secondary N) is 1. The van der Waals surface area contributed by atoms with Crippen LogP contribution in [0.2, 0.25) is 0 Å². The van der Waals surface area contributed by atoms with Crippen molar-refractivity contribution in [3.8, 4) is 0 Å². The van der Waals surface area contributed by atoms with E-state index >= 15 is 0 Å². The summed E-state index contributed by atoms with van der Waals surface area (Å²) in [5, 5.41) is 22.5. The zero-order valence-electron chi connectivity index (χ0n) is 10.8. The van der Waals surface area contributed by atoms with Crippen molar-refractivity contribution in [2.75, 3.05) is 13.2 Å². The molecule has 0 saturated heterocycles. The Morgan fingerprint density at radius 3 is 2.70 bits per heavy atom. The number of benzene rings is 1. The van der Waals surface area contributed by atoms with E-state index in [-0.39, 0.29) is 30.8 Å². The molecule has 20 heavy (non-hydrogen) atoms. The molecule has 8 heteroatoms. The number of nitro benzene ring substituents is 1. The van der Waals surface area contributed by atoms with Crippen LogP contribution in [0.5, 0.6) is 0 Å². The lowest BCUT2D eigenvalue weighted by atomic mass is 10.1. The van der Waals surface area contributed by atoms with Crippen molar-refractivity contribution in [2.45, 2.75) is 13.5 Å². The third-order valence-electron chi connectivity index (χ3n) is 2.43. The number of carboxylic acids is 1. The Bertz CT molecular complexity index is 529. The van der Waals surface area contributed by atoms with Crippen LogP contribution < -0.4 is 5.32 Å². The molecule has 0 bridgehead atoms. The molecule has 0 atom stereocenters. The lowest BCUT2D eigenvalue weighted by Gasteiger charge is -2.08. The van der Waals surface area contributed by atoms with E-state index in [9.17, 15) is 19.7 Å². The molecule has 0 unspecified atom stereocenters. The van der Waals surface area contributed by atoms with Gasteiger partial charge in [-0.2, -0.15) is 0 Å². The summed E-state index contributed by atoms with van der Waals surface area (Å²) in [5.41, 5.74) is -0.627. The molecule has 0 saturated carbocycles. The van der Waals surface area contributed by atoms with Crippen molar-refractivity contribution in [2.24, 2.45) is 0 Å². The minimum Gasteiger partial charge on any atom is -0.477 e. The maximum Gasteiger partial charge on any atom is 0.343 e. The highest BCUT2D eigenvalue weighted by Crippen LogP contribution is 2.22. The summed E-state index contributed by atoms with van der Waals surface area (Å²) in [7, 11) is 0. The Hall–Kier alpha value is -2.48. The number of nitro groups is 1. The van der Waals surface area contributed by atoms with Gasteiger partial charge < -0.3 is 15.2 Å². The Kier molecular flexibility index (Phi) is 5.60. The van der Waals surface area contributed by atoms with E-state index in [4.69, 9.17) is 9.84 Å². The van der Waals surface area contributed by atoms with Gasteiger partial charge in [0.15, 0.2) is 0 Å². The summed E-state index contributed by atoms with van der Waals surface area (Å²) < 4.78 is 4.69. The molecule has 0 heterocycles. The highest BCUT2D eigenvalue weighted by molar-refractivity contribution is 5.94. The number of carboxylic acid groups (broad SMARTS) is 1. The number of ether oxygens (including phenoxy) is 1. The van der Waals surface area contributed by atoms with Gasteiger partial charge in [0.25, 0.3) is 5.69 Å². The third kappa shape index (κ3) is 4.02. The molecule has 1 aromatic carbocycles. The van der Waals surface area contributed by atoms with E-state index < -0.39 is 22.5 Å². The number of carbonyl (C=O) groups excluding carboxylic acids is 1. The minimum atomic E-state index is -1.38. The van der Waals surface area contributed by atoms with Crippen LogP contribution in [0.4, 0.5) is 5.69 Å². The molecule has 1 aromatic rings. The zero-order valence-corrected chi connectivity index (χ0v) is 10.8. The average molecular weight is 282 g/mol. The van der Waals surface area contributed by atoms with Gasteiger partial charge in [-0.15, -0.1) is 0 Å². The topological polar surface area (TPSA) is 119 Å². The number of hydrogen-bond acceptors (Lipinski definition) is 6. The second kappa shape index (κ2) is 7.19. The van der Waals surface area contributed by atoms with Crippen LogP contribution in [0.15, 0.2) is 18.2 Å². The molecule has 0 aliphatic carbocycles. The van der Waals surface area contributed by atoms with Gasteiger partial charge in [-0.05, 0) is 12.5 Å². The summed E-state index contributed by atoms with van der Waals surface area (Å²) >= 11 is 0. The second-order valence-corrected chi connectivity index (χ2v) is 3.78. The smallest absolute Gasteiger partial charge is 0.343 e. The van der Waals surface area contributed by atoms with E-state index in [1.807, 2.05) is 0 Å². The van der Waals surface area contributed by atoms with Gasteiger partial charge in [-0.3, -0.25) is 14.9 Å². The van der Waals surface area contributed by atoms with Crippen LogP contribution in [0.25, 0.3) is 0 Å². The van der Waals surface area contributed by atoms with Crippen molar-refractivity contribution in [3.05, 3.63) is 39.4 Å². The van der Waals surface area contributed by atoms with E-state index in [0.717, 1.165) is 6.07 Å². The third-order valence-corrected chi connectivity index (χ3v) is 2.43.